The summed E-state index contributed by atoms with van der Waals surface area (Å²) in [4.78, 5) is 32.4. The van der Waals surface area contributed by atoms with Gasteiger partial charge >= 0.3 is 0 Å². The molecule has 3 rings (SSSR count). The SMILES string of the molecule is CC(C)[Si](O[C@H](/C=N/C(=C/N1C(=O)c2ccccc2C1=O)O[Si](C)(C)C(C)(C)C)c1ccccc1)(C(C)C)C(C)C. The van der Waals surface area contributed by atoms with Crippen molar-refractivity contribution in [3.05, 3.63) is 83.4 Å². The van der Waals surface area contributed by atoms with Crippen LogP contribution in [0.1, 0.15) is 94.7 Å². The number of imide groups is 1. The van der Waals surface area contributed by atoms with E-state index in [2.05, 4.69) is 87.5 Å². The van der Waals surface area contributed by atoms with Gasteiger partial charge in [0.15, 0.2) is 0 Å². The minimum absolute atomic E-state index is 0.117. The van der Waals surface area contributed by atoms with Crippen LogP contribution in [0.25, 0.3) is 0 Å². The van der Waals surface area contributed by atoms with Crippen molar-refractivity contribution < 1.29 is 18.4 Å². The van der Waals surface area contributed by atoms with E-state index >= 15 is 0 Å². The van der Waals surface area contributed by atoms with Crippen LogP contribution >= 0.6 is 0 Å². The summed E-state index contributed by atoms with van der Waals surface area (Å²) < 4.78 is 13.8. The first-order valence-corrected chi connectivity index (χ1v) is 19.7. The highest BCUT2D eigenvalue weighted by Crippen LogP contribution is 2.45. The van der Waals surface area contributed by atoms with Crippen LogP contribution in [0, 0.1) is 0 Å². The number of aliphatic imine (C=N–C) groups is 1. The maximum absolute atomic E-state index is 13.2. The van der Waals surface area contributed by atoms with Crippen LogP contribution in [0.3, 0.4) is 0 Å². The standard InChI is InChI=1S/C33H48N2O4Si2/c1-23(2)41(24(3)4,25(5)6)38-29(26-17-13-12-14-18-26)21-34-30(39-40(10,11)33(7,8)9)22-35-31(36)27-19-15-16-20-28(27)32(35)37/h12-25,29H,1-11H3/b30-22-,34-21+/t29-/m1/s1. The minimum atomic E-state index is -2.38. The highest BCUT2D eigenvalue weighted by Gasteiger charge is 2.47. The molecule has 1 heterocycles. The van der Waals surface area contributed by atoms with Gasteiger partial charge in [-0.2, -0.15) is 0 Å². The molecule has 1 aliphatic heterocycles. The van der Waals surface area contributed by atoms with E-state index in [1.54, 1.807) is 30.5 Å². The molecule has 0 fully saturated rings. The second kappa shape index (κ2) is 12.6. The zero-order valence-electron chi connectivity index (χ0n) is 26.7. The van der Waals surface area contributed by atoms with Crippen LogP contribution in [0.15, 0.2) is 71.7 Å². The van der Waals surface area contributed by atoms with Gasteiger partial charge < -0.3 is 8.85 Å². The second-order valence-electron chi connectivity index (χ2n) is 13.4. The zero-order valence-corrected chi connectivity index (χ0v) is 28.7. The second-order valence-corrected chi connectivity index (χ2v) is 23.5. The van der Waals surface area contributed by atoms with Crippen molar-refractivity contribution >= 4 is 34.7 Å². The van der Waals surface area contributed by atoms with Crippen molar-refractivity contribution in [3.8, 4) is 0 Å². The van der Waals surface area contributed by atoms with Gasteiger partial charge in [0, 0.05) is 6.21 Å². The van der Waals surface area contributed by atoms with Crippen LogP contribution in [0.2, 0.25) is 34.8 Å². The summed E-state index contributed by atoms with van der Waals surface area (Å²) in [7, 11) is -4.66. The summed E-state index contributed by atoms with van der Waals surface area (Å²) in [5.74, 6) is -0.515. The first kappa shape index (κ1) is 32.7. The molecule has 6 nitrogen and oxygen atoms in total. The molecule has 8 heteroatoms. The Balaban J connectivity index is 2.12. The first-order chi connectivity index (χ1) is 19.0. The van der Waals surface area contributed by atoms with Gasteiger partial charge in [0.1, 0.15) is 6.10 Å². The molecule has 0 aliphatic carbocycles. The molecular weight excluding hydrogens is 545 g/mol. The lowest BCUT2D eigenvalue weighted by Gasteiger charge is -2.44. The number of rotatable bonds is 11. The average Bonchev–Trinajstić information content (AvgIpc) is 3.12. The predicted octanol–water partition coefficient (Wildman–Crippen LogP) is 9.11. The van der Waals surface area contributed by atoms with Gasteiger partial charge in [0.2, 0.25) is 14.2 Å². The van der Waals surface area contributed by atoms with Crippen LogP contribution in [-0.2, 0) is 8.85 Å². The Morgan fingerprint density at radius 3 is 1.71 bits per heavy atom. The Bertz CT molecular complexity index is 1240. The normalized spacial score (nSPS) is 16.0. The molecule has 2 aromatic carbocycles. The van der Waals surface area contributed by atoms with Crippen LogP contribution in [0.5, 0.6) is 0 Å². The maximum atomic E-state index is 13.2. The molecule has 0 spiro atoms. The van der Waals surface area contributed by atoms with Crippen molar-refractivity contribution in [1.82, 2.24) is 4.90 Å². The van der Waals surface area contributed by atoms with Gasteiger partial charge in [0.25, 0.3) is 20.1 Å². The third-order valence-electron chi connectivity index (χ3n) is 8.73. The fraction of sp³-hybridized carbons (Fsp3) is 0.485. The predicted molar refractivity (Wildman–Crippen MR) is 173 cm³/mol. The van der Waals surface area contributed by atoms with Gasteiger partial charge in [-0.25, -0.2) is 9.89 Å². The molecule has 1 atom stereocenters. The van der Waals surface area contributed by atoms with Gasteiger partial charge in [0.05, 0.1) is 17.3 Å². The van der Waals surface area contributed by atoms with E-state index in [9.17, 15) is 9.59 Å². The maximum Gasteiger partial charge on any atom is 0.265 e. The molecule has 2 aromatic rings. The highest BCUT2D eigenvalue weighted by molar-refractivity contribution is 6.77. The third-order valence-corrected chi connectivity index (χ3v) is 19.1. The van der Waals surface area contributed by atoms with Crippen molar-refractivity contribution in [1.29, 1.82) is 0 Å². The highest BCUT2D eigenvalue weighted by atomic mass is 28.4. The molecule has 0 saturated heterocycles. The fourth-order valence-electron chi connectivity index (χ4n) is 5.53. The first-order valence-electron chi connectivity index (χ1n) is 14.7. The Kier molecular flexibility index (Phi) is 10.0. The van der Waals surface area contributed by atoms with E-state index in [-0.39, 0.29) is 22.7 Å². The molecule has 41 heavy (non-hydrogen) atoms. The molecular formula is C33H48N2O4Si2. The van der Waals surface area contributed by atoms with Gasteiger partial charge in [-0.1, -0.05) is 105 Å². The Morgan fingerprint density at radius 2 is 1.27 bits per heavy atom. The van der Waals surface area contributed by atoms with Crippen molar-refractivity contribution in [2.45, 2.75) is 103 Å². The van der Waals surface area contributed by atoms with E-state index < -0.39 is 22.7 Å². The van der Waals surface area contributed by atoms with Crippen molar-refractivity contribution in [2.24, 2.45) is 4.99 Å². The number of nitrogens with zero attached hydrogens (tertiary/aromatic N) is 2. The largest absolute Gasteiger partial charge is 0.530 e. The molecule has 2 amide bonds. The van der Waals surface area contributed by atoms with E-state index in [0.29, 0.717) is 27.8 Å². The monoisotopic (exact) mass is 592 g/mol. The zero-order chi connectivity index (χ0) is 30.8. The van der Waals surface area contributed by atoms with E-state index in [1.165, 1.54) is 6.20 Å². The van der Waals surface area contributed by atoms with Gasteiger partial charge in [-0.05, 0) is 52.5 Å². The molecule has 1 aliphatic rings. The lowest BCUT2D eigenvalue weighted by atomic mass is 10.1. The van der Waals surface area contributed by atoms with E-state index in [4.69, 9.17) is 13.8 Å². The molecule has 222 valence electrons. The summed E-state index contributed by atoms with van der Waals surface area (Å²) in [6.07, 6.45) is 2.84. The third kappa shape index (κ3) is 6.82. The Morgan fingerprint density at radius 1 is 0.805 bits per heavy atom. The Labute approximate surface area is 249 Å². The number of hydrogen-bond acceptors (Lipinski definition) is 5. The number of carbonyl (C=O) groups is 2. The lowest BCUT2D eigenvalue weighted by molar-refractivity contribution is 0.0715. The number of hydrogen-bond donors (Lipinski definition) is 0. The quantitative estimate of drug-likeness (QED) is 0.113. The number of carbonyl (C=O) groups excluding carboxylic acids is 2. The molecule has 0 saturated carbocycles. The Hall–Kier alpha value is -2.82. The summed E-state index contributed by atoms with van der Waals surface area (Å²) in [6.45, 7) is 24.3. The summed E-state index contributed by atoms with van der Waals surface area (Å²) in [6, 6.07) is 17.0. The van der Waals surface area contributed by atoms with Crippen LogP contribution < -0.4 is 0 Å². The molecule has 0 aromatic heterocycles. The fourth-order valence-corrected chi connectivity index (χ4v) is 11.9. The molecule has 0 radical (unpaired) electrons. The summed E-state index contributed by atoms with van der Waals surface area (Å²) >= 11 is 0. The van der Waals surface area contributed by atoms with Gasteiger partial charge in [-0.15, -0.1) is 0 Å². The van der Waals surface area contributed by atoms with Crippen molar-refractivity contribution in [2.75, 3.05) is 0 Å². The number of amides is 2. The van der Waals surface area contributed by atoms with E-state index in [0.717, 1.165) is 10.5 Å². The lowest BCUT2D eigenvalue weighted by Crippen LogP contribution is -2.48. The summed E-state index contributed by atoms with van der Waals surface area (Å²) in [5.41, 5.74) is 2.94. The average molecular weight is 593 g/mol. The molecule has 0 bridgehead atoms. The van der Waals surface area contributed by atoms with Crippen molar-refractivity contribution in [3.63, 3.8) is 0 Å². The number of fused-ring (bicyclic) bond motifs is 1. The van der Waals surface area contributed by atoms with Crippen LogP contribution in [-0.4, -0.2) is 39.6 Å². The van der Waals surface area contributed by atoms with Gasteiger partial charge in [-0.3, -0.25) is 9.59 Å². The summed E-state index contributed by atoms with van der Waals surface area (Å²) in [5, 5.41) is -0.117. The van der Waals surface area contributed by atoms with Crippen LogP contribution in [0.4, 0.5) is 0 Å². The molecule has 0 N–H and O–H groups in total. The minimum Gasteiger partial charge on any atom is -0.530 e. The number of benzene rings is 2. The smallest absolute Gasteiger partial charge is 0.265 e. The molecule has 0 unspecified atom stereocenters. The van der Waals surface area contributed by atoms with E-state index in [1.807, 2.05) is 18.2 Å². The topological polar surface area (TPSA) is 68.2 Å².